The van der Waals surface area contributed by atoms with Gasteiger partial charge in [-0.25, -0.2) is 0 Å². The molecule has 0 aromatic rings. The Bertz CT molecular complexity index is 337. The van der Waals surface area contributed by atoms with Crippen molar-refractivity contribution < 1.29 is 13.7 Å². The number of rotatable bonds is 9. The molecule has 0 amide bonds. The molecule has 0 saturated heterocycles. The molecule has 4 nitrogen and oxygen atoms in total. The van der Waals surface area contributed by atoms with Gasteiger partial charge in [0, 0.05) is 37.0 Å². The molecule has 0 spiro atoms. The minimum Gasteiger partial charge on any atom is -0.306 e. The van der Waals surface area contributed by atoms with Crippen LogP contribution < -0.4 is 0 Å². The summed E-state index contributed by atoms with van der Waals surface area (Å²) < 4.78 is 41.0. The maximum Gasteiger partial charge on any atom is 0.161 e. The molecule has 116 valence electrons. The van der Waals surface area contributed by atoms with Crippen LogP contribution in [0.3, 0.4) is 0 Å². The summed E-state index contributed by atoms with van der Waals surface area (Å²) in [7, 11) is -8.38. The monoisotopic (exact) mass is 329 g/mol. The summed E-state index contributed by atoms with van der Waals surface area (Å²) >= 11 is 0. The lowest BCUT2D eigenvalue weighted by molar-refractivity contribution is 0.521. The van der Waals surface area contributed by atoms with Crippen LogP contribution in [0.15, 0.2) is 0 Å². The van der Waals surface area contributed by atoms with Crippen molar-refractivity contribution in [1.82, 2.24) is 4.21 Å². The Morgan fingerprint density at radius 1 is 0.526 bits per heavy atom. The fraction of sp³-hybridized carbons (Fsp3) is 1.00. The van der Waals surface area contributed by atoms with Gasteiger partial charge in [0.15, 0.2) is 21.9 Å². The van der Waals surface area contributed by atoms with Gasteiger partial charge in [-0.05, 0) is 0 Å². The zero-order valence-corrected chi connectivity index (χ0v) is 15.9. The van der Waals surface area contributed by atoms with E-state index in [0.717, 1.165) is 0 Å². The van der Waals surface area contributed by atoms with Crippen molar-refractivity contribution in [3.8, 4) is 0 Å². The third-order valence-electron chi connectivity index (χ3n) is 3.94. The van der Waals surface area contributed by atoms with Crippen LogP contribution in [0, 0.1) is 0 Å². The van der Waals surface area contributed by atoms with Gasteiger partial charge in [-0.1, -0.05) is 41.5 Å². The predicted molar refractivity (Wildman–Crippen MR) is 87.9 cm³/mol. The second-order valence-corrected chi connectivity index (χ2v) is 15.7. The SMILES string of the molecule is CCP(=O)(CC)N(P(=O)(CC)CC)P(=O)(CC)CC. The van der Waals surface area contributed by atoms with E-state index < -0.39 is 21.9 Å². The normalized spacial score (nSPS) is 14.1. The zero-order valence-electron chi connectivity index (χ0n) is 13.3. The molecule has 19 heavy (non-hydrogen) atoms. The molecule has 0 aliphatic rings. The van der Waals surface area contributed by atoms with E-state index in [1.165, 1.54) is 0 Å². The van der Waals surface area contributed by atoms with Gasteiger partial charge in [0.2, 0.25) is 0 Å². The van der Waals surface area contributed by atoms with Crippen LogP contribution >= 0.6 is 21.9 Å². The largest absolute Gasteiger partial charge is 0.306 e. The van der Waals surface area contributed by atoms with Gasteiger partial charge in [-0.15, -0.1) is 4.21 Å². The lowest BCUT2D eigenvalue weighted by Crippen LogP contribution is -2.21. The summed E-state index contributed by atoms with van der Waals surface area (Å²) in [5.41, 5.74) is 0. The standard InChI is InChI=1S/C12H30NO3P3/c1-7-17(14,8-2)13(18(15,9-3)10-4)19(16,11-5)12-6/h7-12H2,1-6H3. The van der Waals surface area contributed by atoms with Gasteiger partial charge < -0.3 is 13.7 Å². The fourth-order valence-corrected chi connectivity index (χ4v) is 16.9. The smallest absolute Gasteiger partial charge is 0.161 e. The van der Waals surface area contributed by atoms with E-state index in [-0.39, 0.29) is 0 Å². The summed E-state index contributed by atoms with van der Waals surface area (Å²) in [4.78, 5) is 0. The van der Waals surface area contributed by atoms with Gasteiger partial charge in [-0.2, -0.15) is 0 Å². The van der Waals surface area contributed by atoms with E-state index in [4.69, 9.17) is 0 Å². The van der Waals surface area contributed by atoms with E-state index in [0.29, 0.717) is 37.0 Å². The molecule has 0 unspecified atom stereocenters. The first kappa shape index (κ1) is 19.7. The average molecular weight is 329 g/mol. The quantitative estimate of drug-likeness (QED) is 0.543. The molecule has 0 aliphatic carbocycles. The summed E-state index contributed by atoms with van der Waals surface area (Å²) in [5.74, 6) is 0. The van der Waals surface area contributed by atoms with Gasteiger partial charge in [0.1, 0.15) is 0 Å². The Balaban J connectivity index is 6.13. The Labute approximate surface area is 119 Å². The van der Waals surface area contributed by atoms with Crippen molar-refractivity contribution in [3.05, 3.63) is 0 Å². The lowest BCUT2D eigenvalue weighted by atomic mass is 11.0. The molecular formula is C12H30NO3P3. The molecule has 0 aromatic carbocycles. The molecule has 0 bridgehead atoms. The highest BCUT2D eigenvalue weighted by Crippen LogP contribution is 2.78. The van der Waals surface area contributed by atoms with E-state index in [9.17, 15) is 13.7 Å². The lowest BCUT2D eigenvalue weighted by Gasteiger charge is -2.41. The maximum absolute atomic E-state index is 13.2. The first-order chi connectivity index (χ1) is 8.73. The number of nitrogens with zero attached hydrogens (tertiary/aromatic N) is 1. The van der Waals surface area contributed by atoms with Crippen LogP contribution in [0.4, 0.5) is 0 Å². The van der Waals surface area contributed by atoms with Gasteiger partial charge in [0.25, 0.3) is 0 Å². The topological polar surface area (TPSA) is 54.5 Å². The second kappa shape index (κ2) is 7.60. The van der Waals surface area contributed by atoms with Crippen molar-refractivity contribution >= 4 is 21.9 Å². The minimum atomic E-state index is -2.79. The molecule has 0 aromatic heterocycles. The molecule has 0 aliphatic heterocycles. The predicted octanol–water partition coefficient (Wildman–Crippen LogP) is 5.24. The van der Waals surface area contributed by atoms with Crippen LogP contribution in [0.25, 0.3) is 0 Å². The highest BCUT2D eigenvalue weighted by Gasteiger charge is 2.47. The Morgan fingerprint density at radius 2 is 0.684 bits per heavy atom. The van der Waals surface area contributed by atoms with Crippen molar-refractivity contribution in [2.45, 2.75) is 41.5 Å². The van der Waals surface area contributed by atoms with Gasteiger partial charge in [0.05, 0.1) is 0 Å². The van der Waals surface area contributed by atoms with E-state index in [1.807, 2.05) is 41.5 Å². The summed E-state index contributed by atoms with van der Waals surface area (Å²) in [6.07, 6.45) is 2.65. The summed E-state index contributed by atoms with van der Waals surface area (Å²) in [6, 6.07) is 0. The van der Waals surface area contributed by atoms with E-state index in [2.05, 4.69) is 0 Å². The Hall–Kier alpha value is 0.650. The maximum atomic E-state index is 13.2. The average Bonchev–Trinajstić information content (AvgIpc) is 2.46. The molecule has 0 fully saturated rings. The second-order valence-electron chi connectivity index (χ2n) is 4.70. The zero-order chi connectivity index (χ0) is 15.3. The molecule has 0 saturated carbocycles. The summed E-state index contributed by atoms with van der Waals surface area (Å²) in [5, 5.41) is 0. The Morgan fingerprint density at radius 3 is 0.789 bits per heavy atom. The van der Waals surface area contributed by atoms with Gasteiger partial charge >= 0.3 is 0 Å². The van der Waals surface area contributed by atoms with Crippen LogP contribution in [0.5, 0.6) is 0 Å². The number of hydrogen-bond acceptors (Lipinski definition) is 3. The van der Waals surface area contributed by atoms with E-state index >= 15 is 0 Å². The third-order valence-corrected chi connectivity index (χ3v) is 17.7. The van der Waals surface area contributed by atoms with Crippen molar-refractivity contribution in [3.63, 3.8) is 0 Å². The first-order valence-electron chi connectivity index (χ1n) is 7.29. The van der Waals surface area contributed by atoms with Crippen molar-refractivity contribution in [2.24, 2.45) is 0 Å². The first-order valence-corrected chi connectivity index (χ1v) is 13.4. The van der Waals surface area contributed by atoms with Crippen LogP contribution in [0.1, 0.15) is 41.5 Å². The van der Waals surface area contributed by atoms with Gasteiger partial charge in [-0.3, -0.25) is 0 Å². The third kappa shape index (κ3) is 3.85. The molecule has 0 rings (SSSR count). The summed E-state index contributed by atoms with van der Waals surface area (Å²) in [6.45, 7) is 11.1. The van der Waals surface area contributed by atoms with Crippen LogP contribution in [-0.4, -0.2) is 41.2 Å². The molecule has 0 N–H and O–H groups in total. The van der Waals surface area contributed by atoms with Crippen molar-refractivity contribution in [2.75, 3.05) is 37.0 Å². The highest BCUT2D eigenvalue weighted by molar-refractivity contribution is 7.89. The molecule has 7 heteroatoms. The molecule has 0 atom stereocenters. The van der Waals surface area contributed by atoms with Crippen LogP contribution in [0.2, 0.25) is 0 Å². The highest BCUT2D eigenvalue weighted by atomic mass is 31.3. The number of hydrogen-bond donors (Lipinski definition) is 0. The van der Waals surface area contributed by atoms with E-state index in [1.54, 1.807) is 4.21 Å². The van der Waals surface area contributed by atoms with Crippen LogP contribution in [-0.2, 0) is 13.7 Å². The molecule has 0 radical (unpaired) electrons. The Kier molecular flexibility index (Phi) is 7.86. The van der Waals surface area contributed by atoms with Crippen molar-refractivity contribution in [1.29, 1.82) is 0 Å². The molecular weight excluding hydrogens is 299 g/mol. The fourth-order valence-electron chi connectivity index (χ4n) is 2.32. The minimum absolute atomic E-state index is 0.442. The molecule has 0 heterocycles.